The largest absolute Gasteiger partial charge is 0.496 e. The van der Waals surface area contributed by atoms with E-state index in [1.54, 1.807) is 27.4 Å². The van der Waals surface area contributed by atoms with E-state index in [2.05, 4.69) is 23.7 Å². The topological polar surface area (TPSA) is 43.8 Å². The first-order valence-corrected chi connectivity index (χ1v) is 9.66. The van der Waals surface area contributed by atoms with E-state index >= 15 is 4.39 Å². The van der Waals surface area contributed by atoms with Gasteiger partial charge in [-0.15, -0.1) is 0 Å². The molecule has 3 rings (SSSR count). The van der Waals surface area contributed by atoms with Crippen molar-refractivity contribution < 1.29 is 18.6 Å². The third-order valence-electron chi connectivity index (χ3n) is 5.01. The third-order valence-corrected chi connectivity index (χ3v) is 5.01. The van der Waals surface area contributed by atoms with Crippen LogP contribution in [0.2, 0.25) is 0 Å². The van der Waals surface area contributed by atoms with Crippen molar-refractivity contribution in [1.82, 2.24) is 4.98 Å². The van der Waals surface area contributed by atoms with Gasteiger partial charge in [-0.05, 0) is 49.7 Å². The van der Waals surface area contributed by atoms with E-state index in [-0.39, 0.29) is 5.69 Å². The van der Waals surface area contributed by atoms with Gasteiger partial charge in [-0.1, -0.05) is 6.07 Å². The minimum absolute atomic E-state index is 0.201. The number of benzene rings is 2. The van der Waals surface area contributed by atoms with E-state index < -0.39 is 5.82 Å². The Morgan fingerprint density at radius 2 is 1.62 bits per heavy atom. The molecule has 0 aliphatic carbocycles. The molecular formula is C23H27FN2O3. The zero-order valence-corrected chi connectivity index (χ0v) is 17.6. The second-order valence-electron chi connectivity index (χ2n) is 6.64. The van der Waals surface area contributed by atoms with Crippen molar-refractivity contribution in [2.45, 2.75) is 20.5 Å². The Labute approximate surface area is 171 Å². The Morgan fingerprint density at radius 3 is 2.17 bits per heavy atom. The molecule has 5 nitrogen and oxygen atoms in total. The first-order valence-electron chi connectivity index (χ1n) is 9.66. The maximum Gasteiger partial charge on any atom is 0.150 e. The molecule has 0 unspecified atom stereocenters. The van der Waals surface area contributed by atoms with Crippen molar-refractivity contribution in [1.29, 1.82) is 0 Å². The maximum atomic E-state index is 15.3. The van der Waals surface area contributed by atoms with Crippen molar-refractivity contribution in [3.05, 3.63) is 47.8 Å². The van der Waals surface area contributed by atoms with Crippen molar-refractivity contribution in [2.75, 3.05) is 39.3 Å². The molecule has 0 amide bonds. The van der Waals surface area contributed by atoms with Gasteiger partial charge in [0.2, 0.25) is 0 Å². The number of aromatic nitrogens is 1. The van der Waals surface area contributed by atoms with Gasteiger partial charge in [0.25, 0.3) is 0 Å². The number of hydrogen-bond donors (Lipinski definition) is 0. The predicted octanol–water partition coefficient (Wildman–Crippen LogP) is 5.05. The molecule has 0 radical (unpaired) electrons. The van der Waals surface area contributed by atoms with Gasteiger partial charge in [-0.25, -0.2) is 9.37 Å². The Morgan fingerprint density at radius 1 is 0.966 bits per heavy atom. The van der Waals surface area contributed by atoms with Gasteiger partial charge < -0.3 is 19.1 Å². The highest BCUT2D eigenvalue weighted by Gasteiger charge is 2.21. The van der Waals surface area contributed by atoms with Crippen molar-refractivity contribution in [3.8, 4) is 22.8 Å². The second kappa shape index (κ2) is 9.09. The highest BCUT2D eigenvalue weighted by atomic mass is 19.1. The molecule has 3 aromatic rings. The maximum absolute atomic E-state index is 15.3. The SMILES string of the molecule is CCN(CC)c1cccc2nc(-c3c(OC)cc(COC)cc3OC)c(F)cc12. The van der Waals surface area contributed by atoms with Gasteiger partial charge in [0.15, 0.2) is 0 Å². The van der Waals surface area contributed by atoms with Crippen LogP contribution in [-0.2, 0) is 11.3 Å². The van der Waals surface area contributed by atoms with Crippen LogP contribution < -0.4 is 14.4 Å². The summed E-state index contributed by atoms with van der Waals surface area (Å²) in [4.78, 5) is 6.84. The average Bonchev–Trinajstić information content (AvgIpc) is 2.74. The molecule has 29 heavy (non-hydrogen) atoms. The van der Waals surface area contributed by atoms with Crippen LogP contribution in [0, 0.1) is 5.82 Å². The quantitative estimate of drug-likeness (QED) is 0.531. The van der Waals surface area contributed by atoms with E-state index in [9.17, 15) is 0 Å². The summed E-state index contributed by atoms with van der Waals surface area (Å²) in [5.74, 6) is 0.553. The highest BCUT2D eigenvalue weighted by Crippen LogP contribution is 2.41. The van der Waals surface area contributed by atoms with Crippen LogP contribution in [0.4, 0.5) is 10.1 Å². The van der Waals surface area contributed by atoms with Gasteiger partial charge in [0, 0.05) is 31.3 Å². The van der Waals surface area contributed by atoms with Crippen LogP contribution in [0.5, 0.6) is 11.5 Å². The fraction of sp³-hybridized carbons (Fsp3) is 0.348. The molecule has 0 fully saturated rings. The Kier molecular flexibility index (Phi) is 6.54. The molecular weight excluding hydrogens is 371 g/mol. The fourth-order valence-electron chi connectivity index (χ4n) is 3.62. The molecule has 0 bridgehead atoms. The number of pyridine rings is 1. The number of fused-ring (bicyclic) bond motifs is 1. The molecule has 1 aromatic heterocycles. The van der Waals surface area contributed by atoms with Crippen molar-refractivity contribution >= 4 is 16.6 Å². The van der Waals surface area contributed by atoms with Gasteiger partial charge in [-0.3, -0.25) is 0 Å². The first-order chi connectivity index (χ1) is 14.1. The van der Waals surface area contributed by atoms with Crippen LogP contribution in [0.25, 0.3) is 22.2 Å². The fourth-order valence-corrected chi connectivity index (χ4v) is 3.62. The van der Waals surface area contributed by atoms with Crippen molar-refractivity contribution in [2.24, 2.45) is 0 Å². The summed E-state index contributed by atoms with van der Waals surface area (Å²) in [7, 11) is 4.71. The molecule has 0 atom stereocenters. The van der Waals surface area contributed by atoms with E-state index in [0.29, 0.717) is 23.7 Å². The highest BCUT2D eigenvalue weighted by molar-refractivity contribution is 5.94. The van der Waals surface area contributed by atoms with Crippen LogP contribution in [0.1, 0.15) is 19.4 Å². The summed E-state index contributed by atoms with van der Waals surface area (Å²) in [6.07, 6.45) is 0. The van der Waals surface area contributed by atoms with Gasteiger partial charge in [0.1, 0.15) is 23.0 Å². The minimum atomic E-state index is -0.423. The molecule has 1 heterocycles. The molecule has 0 aliphatic heterocycles. The average molecular weight is 398 g/mol. The number of hydrogen-bond acceptors (Lipinski definition) is 5. The molecule has 6 heteroatoms. The number of methoxy groups -OCH3 is 3. The molecule has 0 aliphatic rings. The zero-order chi connectivity index (χ0) is 21.0. The number of rotatable bonds is 8. The smallest absolute Gasteiger partial charge is 0.150 e. The zero-order valence-electron chi connectivity index (χ0n) is 17.6. The number of anilines is 1. The van der Waals surface area contributed by atoms with Crippen LogP contribution >= 0.6 is 0 Å². The Balaban J connectivity index is 2.24. The summed E-state index contributed by atoms with van der Waals surface area (Å²) in [6.45, 7) is 6.23. The lowest BCUT2D eigenvalue weighted by molar-refractivity contribution is 0.184. The summed E-state index contributed by atoms with van der Waals surface area (Å²) in [5, 5.41) is 0.784. The molecule has 154 valence electrons. The standard InChI is InChI=1S/C23H27FN2O3/c1-6-26(7-2)19-10-8-9-18-16(19)13-17(24)23(25-18)22-20(28-4)11-15(14-27-3)12-21(22)29-5/h8-13H,6-7,14H2,1-5H3. The monoisotopic (exact) mass is 398 g/mol. The lowest BCUT2D eigenvalue weighted by Crippen LogP contribution is -2.22. The summed E-state index contributed by atoms with van der Waals surface area (Å²) in [6, 6.07) is 11.0. The van der Waals surface area contributed by atoms with Crippen molar-refractivity contribution in [3.63, 3.8) is 0 Å². The van der Waals surface area contributed by atoms with Crippen LogP contribution in [-0.4, -0.2) is 39.4 Å². The van der Waals surface area contributed by atoms with Gasteiger partial charge in [0.05, 0.1) is 31.9 Å². The second-order valence-corrected chi connectivity index (χ2v) is 6.64. The van der Waals surface area contributed by atoms with E-state index in [4.69, 9.17) is 14.2 Å². The molecule has 0 spiro atoms. The Bertz CT molecular complexity index is 978. The minimum Gasteiger partial charge on any atom is -0.496 e. The number of ether oxygens (including phenoxy) is 3. The number of nitrogens with zero attached hydrogens (tertiary/aromatic N) is 2. The van der Waals surface area contributed by atoms with E-state index in [0.717, 1.165) is 35.2 Å². The van der Waals surface area contributed by atoms with Gasteiger partial charge in [-0.2, -0.15) is 0 Å². The van der Waals surface area contributed by atoms with E-state index in [1.807, 2.05) is 30.3 Å². The lowest BCUT2D eigenvalue weighted by Gasteiger charge is -2.23. The summed E-state index contributed by atoms with van der Waals surface area (Å²) < 4.78 is 31.6. The molecule has 2 aromatic carbocycles. The summed E-state index contributed by atoms with van der Waals surface area (Å²) >= 11 is 0. The van der Waals surface area contributed by atoms with Gasteiger partial charge >= 0.3 is 0 Å². The Hall–Kier alpha value is -2.86. The van der Waals surface area contributed by atoms with E-state index in [1.165, 1.54) is 0 Å². The first kappa shape index (κ1) is 20.9. The molecule has 0 saturated heterocycles. The summed E-state index contributed by atoms with van der Waals surface area (Å²) in [5.41, 5.74) is 3.25. The van der Waals surface area contributed by atoms with Crippen LogP contribution in [0.3, 0.4) is 0 Å². The van der Waals surface area contributed by atoms with Crippen LogP contribution in [0.15, 0.2) is 36.4 Å². The predicted molar refractivity (Wildman–Crippen MR) is 115 cm³/mol. The lowest BCUT2D eigenvalue weighted by atomic mass is 10.0. The third kappa shape index (κ3) is 3.98. The number of halogens is 1. The normalized spacial score (nSPS) is 11.0. The molecule has 0 saturated carbocycles. The molecule has 0 N–H and O–H groups in total.